The Morgan fingerprint density at radius 3 is 2.55 bits per heavy atom. The van der Waals surface area contributed by atoms with E-state index in [0.717, 1.165) is 24.4 Å². The van der Waals surface area contributed by atoms with Crippen LogP contribution >= 0.6 is 0 Å². The molecule has 0 atom stereocenters. The van der Waals surface area contributed by atoms with Gasteiger partial charge in [0, 0.05) is 18.7 Å². The van der Waals surface area contributed by atoms with E-state index in [1.165, 1.54) is 16.3 Å². The molecule has 3 nitrogen and oxygen atoms in total. The molecule has 1 heterocycles. The first-order valence-corrected chi connectivity index (χ1v) is 6.63. The van der Waals surface area contributed by atoms with Gasteiger partial charge in [-0.05, 0) is 40.6 Å². The second-order valence-corrected chi connectivity index (χ2v) is 4.78. The fraction of sp³-hybridized carbons (Fsp3) is 0.176. The molecule has 3 rings (SSSR count). The first kappa shape index (κ1) is 12.8. The molecule has 1 N–H and O–H groups in total. The number of ether oxygens (including phenoxy) is 1. The van der Waals surface area contributed by atoms with Crippen LogP contribution in [0.1, 0.15) is 11.1 Å². The Hall–Kier alpha value is -2.26. The van der Waals surface area contributed by atoms with E-state index in [1.807, 2.05) is 12.1 Å². The van der Waals surface area contributed by atoms with Crippen molar-refractivity contribution >= 4 is 10.8 Å². The van der Waals surface area contributed by atoms with Crippen molar-refractivity contribution in [1.29, 1.82) is 0 Å². The van der Waals surface area contributed by atoms with Crippen LogP contribution in [0.2, 0.25) is 0 Å². The number of hydrogen-bond acceptors (Lipinski definition) is 3. The van der Waals surface area contributed by atoms with E-state index >= 15 is 0 Å². The highest BCUT2D eigenvalue weighted by atomic mass is 16.5. The van der Waals surface area contributed by atoms with Crippen LogP contribution in [0.5, 0.6) is 5.75 Å². The van der Waals surface area contributed by atoms with Crippen LogP contribution in [-0.2, 0) is 13.1 Å². The molecule has 0 bridgehead atoms. The molecule has 1 aromatic heterocycles. The molecule has 0 saturated heterocycles. The van der Waals surface area contributed by atoms with Crippen LogP contribution in [0.15, 0.2) is 59.4 Å². The summed E-state index contributed by atoms with van der Waals surface area (Å²) < 4.78 is 10.3. The van der Waals surface area contributed by atoms with Gasteiger partial charge >= 0.3 is 0 Å². The average Bonchev–Trinajstić information content (AvgIpc) is 3.00. The normalized spacial score (nSPS) is 10.8. The largest absolute Gasteiger partial charge is 0.497 e. The van der Waals surface area contributed by atoms with Gasteiger partial charge in [0.2, 0.25) is 0 Å². The summed E-state index contributed by atoms with van der Waals surface area (Å²) in [5, 5.41) is 5.83. The third-order valence-corrected chi connectivity index (χ3v) is 3.35. The number of benzene rings is 2. The predicted octanol–water partition coefficient (Wildman–Crippen LogP) is 3.73. The molecule has 3 aromatic rings. The molecule has 0 spiro atoms. The highest BCUT2D eigenvalue weighted by Crippen LogP contribution is 2.21. The van der Waals surface area contributed by atoms with E-state index in [9.17, 15) is 0 Å². The lowest BCUT2D eigenvalue weighted by Gasteiger charge is -2.06. The molecule has 102 valence electrons. The zero-order chi connectivity index (χ0) is 13.8. The van der Waals surface area contributed by atoms with E-state index in [2.05, 4.69) is 35.6 Å². The Morgan fingerprint density at radius 2 is 1.75 bits per heavy atom. The maximum absolute atomic E-state index is 5.24. The van der Waals surface area contributed by atoms with Crippen molar-refractivity contribution in [2.75, 3.05) is 7.11 Å². The van der Waals surface area contributed by atoms with Gasteiger partial charge in [0.1, 0.15) is 5.75 Å². The molecule has 0 aliphatic rings. The molecule has 3 heteroatoms. The van der Waals surface area contributed by atoms with Gasteiger partial charge in [-0.2, -0.15) is 0 Å². The van der Waals surface area contributed by atoms with Gasteiger partial charge in [-0.15, -0.1) is 0 Å². The van der Waals surface area contributed by atoms with Gasteiger partial charge in [-0.3, -0.25) is 0 Å². The summed E-state index contributed by atoms with van der Waals surface area (Å²) in [6.45, 7) is 1.66. The zero-order valence-electron chi connectivity index (χ0n) is 11.4. The van der Waals surface area contributed by atoms with Crippen molar-refractivity contribution in [1.82, 2.24) is 5.32 Å². The molecule has 0 unspecified atom stereocenters. The monoisotopic (exact) mass is 267 g/mol. The Labute approximate surface area is 118 Å². The van der Waals surface area contributed by atoms with Crippen molar-refractivity contribution in [3.8, 4) is 5.75 Å². The first-order valence-electron chi connectivity index (χ1n) is 6.63. The smallest absolute Gasteiger partial charge is 0.119 e. The van der Waals surface area contributed by atoms with E-state index in [1.54, 1.807) is 19.6 Å². The molecule has 0 fully saturated rings. The summed E-state index contributed by atoms with van der Waals surface area (Å²) in [5.74, 6) is 0.892. The number of furan rings is 1. The second-order valence-electron chi connectivity index (χ2n) is 4.78. The predicted molar refractivity (Wildman–Crippen MR) is 79.8 cm³/mol. The Kier molecular flexibility index (Phi) is 3.70. The third-order valence-electron chi connectivity index (χ3n) is 3.35. The average molecular weight is 267 g/mol. The Morgan fingerprint density at radius 1 is 0.950 bits per heavy atom. The second kappa shape index (κ2) is 5.80. The topological polar surface area (TPSA) is 34.4 Å². The van der Waals surface area contributed by atoms with Gasteiger partial charge in [0.05, 0.1) is 19.6 Å². The maximum Gasteiger partial charge on any atom is 0.119 e. The van der Waals surface area contributed by atoms with Crippen LogP contribution in [0, 0.1) is 0 Å². The quantitative estimate of drug-likeness (QED) is 0.765. The molecule has 20 heavy (non-hydrogen) atoms. The van der Waals surface area contributed by atoms with E-state index in [-0.39, 0.29) is 0 Å². The van der Waals surface area contributed by atoms with Crippen LogP contribution in [0.25, 0.3) is 10.8 Å². The summed E-state index contributed by atoms with van der Waals surface area (Å²) in [5.41, 5.74) is 2.43. The molecule has 0 saturated carbocycles. The van der Waals surface area contributed by atoms with Gasteiger partial charge in [0.15, 0.2) is 0 Å². The number of nitrogens with one attached hydrogen (secondary N) is 1. The lowest BCUT2D eigenvalue weighted by Crippen LogP contribution is -2.11. The minimum absolute atomic E-state index is 0.817. The van der Waals surface area contributed by atoms with Gasteiger partial charge in [-0.25, -0.2) is 0 Å². The van der Waals surface area contributed by atoms with Crippen molar-refractivity contribution in [2.24, 2.45) is 0 Å². The van der Waals surface area contributed by atoms with Crippen LogP contribution in [0.4, 0.5) is 0 Å². The minimum Gasteiger partial charge on any atom is -0.497 e. The van der Waals surface area contributed by atoms with E-state index in [4.69, 9.17) is 9.15 Å². The summed E-state index contributed by atoms with van der Waals surface area (Å²) in [7, 11) is 1.69. The van der Waals surface area contributed by atoms with Crippen LogP contribution in [0.3, 0.4) is 0 Å². The first-order chi connectivity index (χ1) is 9.85. The Balaban J connectivity index is 1.69. The maximum atomic E-state index is 5.24. The van der Waals surface area contributed by atoms with Crippen molar-refractivity contribution in [3.05, 3.63) is 66.1 Å². The van der Waals surface area contributed by atoms with E-state index < -0.39 is 0 Å². The SMILES string of the molecule is COc1ccc2cc(CNCc3ccoc3)ccc2c1. The van der Waals surface area contributed by atoms with Gasteiger partial charge < -0.3 is 14.5 Å². The summed E-state index contributed by atoms with van der Waals surface area (Å²) in [6, 6.07) is 14.6. The lowest BCUT2D eigenvalue weighted by atomic mass is 10.1. The minimum atomic E-state index is 0.817. The molecule has 0 aliphatic carbocycles. The summed E-state index contributed by atoms with van der Waals surface area (Å²) in [6.07, 6.45) is 3.46. The number of hydrogen-bond donors (Lipinski definition) is 1. The highest BCUT2D eigenvalue weighted by Gasteiger charge is 1.99. The zero-order valence-corrected chi connectivity index (χ0v) is 11.4. The van der Waals surface area contributed by atoms with Crippen molar-refractivity contribution < 1.29 is 9.15 Å². The fourth-order valence-electron chi connectivity index (χ4n) is 2.25. The molecule has 2 aromatic carbocycles. The lowest BCUT2D eigenvalue weighted by molar-refractivity contribution is 0.415. The molecule has 0 aliphatic heterocycles. The Bertz CT molecular complexity index is 689. The van der Waals surface area contributed by atoms with E-state index in [0.29, 0.717) is 0 Å². The molecule has 0 radical (unpaired) electrons. The van der Waals surface area contributed by atoms with Crippen molar-refractivity contribution in [3.63, 3.8) is 0 Å². The molecular weight excluding hydrogens is 250 g/mol. The van der Waals surface area contributed by atoms with Gasteiger partial charge in [0.25, 0.3) is 0 Å². The van der Waals surface area contributed by atoms with Crippen molar-refractivity contribution in [2.45, 2.75) is 13.1 Å². The fourth-order valence-corrected chi connectivity index (χ4v) is 2.25. The standard InChI is InChI=1S/C17H17NO2/c1-19-17-5-4-15-8-13(2-3-16(15)9-17)10-18-11-14-6-7-20-12-14/h2-9,12,18H,10-11H2,1H3. The number of methoxy groups -OCH3 is 1. The van der Waals surface area contributed by atoms with Gasteiger partial charge in [-0.1, -0.05) is 18.2 Å². The third kappa shape index (κ3) is 2.83. The van der Waals surface area contributed by atoms with Crippen LogP contribution < -0.4 is 10.1 Å². The number of fused-ring (bicyclic) bond motifs is 1. The highest BCUT2D eigenvalue weighted by molar-refractivity contribution is 5.84. The molecule has 0 amide bonds. The molecular formula is C17H17NO2. The summed E-state index contributed by atoms with van der Waals surface area (Å²) >= 11 is 0. The van der Waals surface area contributed by atoms with Crippen LogP contribution in [-0.4, -0.2) is 7.11 Å². The summed E-state index contributed by atoms with van der Waals surface area (Å²) in [4.78, 5) is 0. The number of rotatable bonds is 5.